The number of aryl methyl sites for hydroxylation is 1. The predicted molar refractivity (Wildman–Crippen MR) is 127 cm³/mol. The number of fused-ring (bicyclic) bond motifs is 2. The molecular formula is C27H22N2O5. The molecule has 3 aromatic carbocycles. The van der Waals surface area contributed by atoms with Crippen molar-refractivity contribution in [3.63, 3.8) is 0 Å². The van der Waals surface area contributed by atoms with Crippen LogP contribution in [0.15, 0.2) is 71.1 Å². The van der Waals surface area contributed by atoms with E-state index < -0.39 is 5.97 Å². The van der Waals surface area contributed by atoms with Crippen molar-refractivity contribution in [1.29, 1.82) is 0 Å². The number of nitrogens with zero attached hydrogens (tertiary/aromatic N) is 2. The maximum atomic E-state index is 13.5. The van der Waals surface area contributed by atoms with Crippen LogP contribution in [0.2, 0.25) is 0 Å². The van der Waals surface area contributed by atoms with E-state index in [1.54, 1.807) is 29.7 Å². The first-order valence-corrected chi connectivity index (χ1v) is 10.9. The monoisotopic (exact) mass is 454 g/mol. The molecule has 1 N–H and O–H groups in total. The van der Waals surface area contributed by atoms with Crippen molar-refractivity contribution in [3.05, 3.63) is 95.0 Å². The van der Waals surface area contributed by atoms with Crippen molar-refractivity contribution >= 4 is 33.9 Å². The summed E-state index contributed by atoms with van der Waals surface area (Å²) in [6, 6.07) is 20.1. The van der Waals surface area contributed by atoms with E-state index in [1.807, 2.05) is 55.5 Å². The molecule has 2 aromatic heterocycles. The number of para-hydroxylation sites is 3. The average Bonchev–Trinajstić information content (AvgIpc) is 3.36. The first-order chi connectivity index (χ1) is 16.4. The molecule has 34 heavy (non-hydrogen) atoms. The summed E-state index contributed by atoms with van der Waals surface area (Å²) in [5.41, 5.74) is 4.70. The van der Waals surface area contributed by atoms with Gasteiger partial charge in [0.1, 0.15) is 11.3 Å². The van der Waals surface area contributed by atoms with Gasteiger partial charge in [0.25, 0.3) is 5.91 Å². The van der Waals surface area contributed by atoms with Crippen LogP contribution in [0, 0.1) is 13.8 Å². The highest BCUT2D eigenvalue weighted by Crippen LogP contribution is 2.29. The Bertz CT molecular complexity index is 1530. The molecule has 0 atom stereocenters. The van der Waals surface area contributed by atoms with Crippen molar-refractivity contribution in [3.8, 4) is 5.75 Å². The molecule has 7 nitrogen and oxygen atoms in total. The zero-order valence-corrected chi connectivity index (χ0v) is 18.7. The molecule has 0 spiro atoms. The van der Waals surface area contributed by atoms with Crippen LogP contribution in [0.1, 0.15) is 33.1 Å². The second-order valence-corrected chi connectivity index (χ2v) is 8.13. The molecule has 0 aliphatic rings. The van der Waals surface area contributed by atoms with Gasteiger partial charge >= 0.3 is 5.97 Å². The number of rotatable bonds is 6. The summed E-state index contributed by atoms with van der Waals surface area (Å²) in [5, 5.41) is 10.1. The van der Waals surface area contributed by atoms with E-state index in [0.29, 0.717) is 39.6 Å². The van der Waals surface area contributed by atoms with Crippen LogP contribution in [0.25, 0.3) is 22.0 Å². The van der Waals surface area contributed by atoms with E-state index in [0.717, 1.165) is 16.5 Å². The van der Waals surface area contributed by atoms with Crippen LogP contribution >= 0.6 is 0 Å². The standard InChI is InChI=1S/C27H22N2O5/c1-16-13-18(33-15-25-28-22-8-4-6-10-24(22)34-25)11-12-19(16)27(32)29-17(2)21(14-26(30)31)20-7-3-5-9-23(20)29/h3-13H,14-15H2,1-2H3,(H,30,31). The van der Waals surface area contributed by atoms with Crippen LogP contribution in [0.5, 0.6) is 5.75 Å². The number of ether oxygens (including phenoxy) is 1. The van der Waals surface area contributed by atoms with Gasteiger partial charge < -0.3 is 14.3 Å². The minimum atomic E-state index is -0.935. The van der Waals surface area contributed by atoms with Gasteiger partial charge in [-0.1, -0.05) is 30.3 Å². The van der Waals surface area contributed by atoms with Crippen molar-refractivity contribution < 1.29 is 23.8 Å². The fourth-order valence-corrected chi connectivity index (χ4v) is 4.28. The SMILES string of the molecule is Cc1cc(OCc2nc3ccccc3o2)ccc1C(=O)n1c(C)c(CC(=O)O)c2ccccc21. The zero-order chi connectivity index (χ0) is 23.8. The first-order valence-electron chi connectivity index (χ1n) is 10.9. The maximum Gasteiger partial charge on any atom is 0.307 e. The molecule has 7 heteroatoms. The summed E-state index contributed by atoms with van der Waals surface area (Å²) in [6.07, 6.45) is -0.145. The molecule has 5 aromatic rings. The Labute approximate surface area is 195 Å². The maximum absolute atomic E-state index is 13.5. The van der Waals surface area contributed by atoms with Gasteiger partial charge in [0, 0.05) is 16.6 Å². The summed E-state index contributed by atoms with van der Waals surface area (Å²) >= 11 is 0. The first kappa shape index (κ1) is 21.5. The summed E-state index contributed by atoms with van der Waals surface area (Å²) < 4.78 is 13.1. The number of hydrogen-bond acceptors (Lipinski definition) is 5. The number of aliphatic carboxylic acids is 1. The van der Waals surface area contributed by atoms with E-state index in [2.05, 4.69) is 4.98 Å². The highest BCUT2D eigenvalue weighted by Gasteiger charge is 2.22. The van der Waals surface area contributed by atoms with Crippen LogP contribution in [0.4, 0.5) is 0 Å². The van der Waals surface area contributed by atoms with Crippen molar-refractivity contribution in [2.75, 3.05) is 0 Å². The molecule has 170 valence electrons. The highest BCUT2D eigenvalue weighted by molar-refractivity contribution is 6.05. The Hall–Kier alpha value is -4.39. The molecular weight excluding hydrogens is 432 g/mol. The second-order valence-electron chi connectivity index (χ2n) is 8.13. The molecule has 2 heterocycles. The summed E-state index contributed by atoms with van der Waals surface area (Å²) in [5.74, 6) is -0.0835. The molecule has 0 bridgehead atoms. The normalized spacial score (nSPS) is 11.2. The molecule has 0 aliphatic carbocycles. The topological polar surface area (TPSA) is 94.6 Å². The number of carbonyl (C=O) groups excluding carboxylic acids is 1. The Morgan fingerprint density at radius 2 is 1.79 bits per heavy atom. The molecule has 5 rings (SSSR count). The summed E-state index contributed by atoms with van der Waals surface area (Å²) in [4.78, 5) is 29.3. The lowest BCUT2D eigenvalue weighted by molar-refractivity contribution is -0.136. The van der Waals surface area contributed by atoms with Crippen LogP contribution in [-0.4, -0.2) is 26.5 Å². The Morgan fingerprint density at radius 3 is 2.56 bits per heavy atom. The van der Waals surface area contributed by atoms with E-state index in [-0.39, 0.29) is 18.9 Å². The molecule has 0 saturated heterocycles. The van der Waals surface area contributed by atoms with Gasteiger partial charge in [0.05, 0.1) is 11.9 Å². The van der Waals surface area contributed by atoms with Gasteiger partial charge in [0.15, 0.2) is 12.2 Å². The minimum absolute atomic E-state index is 0.145. The van der Waals surface area contributed by atoms with E-state index >= 15 is 0 Å². The molecule has 0 unspecified atom stereocenters. The third-order valence-corrected chi connectivity index (χ3v) is 5.90. The Morgan fingerprint density at radius 1 is 1.03 bits per heavy atom. The number of hydrogen-bond donors (Lipinski definition) is 1. The minimum Gasteiger partial charge on any atom is -0.484 e. The quantitative estimate of drug-likeness (QED) is 0.374. The second kappa shape index (κ2) is 8.51. The predicted octanol–water partition coefficient (Wildman–Crippen LogP) is 5.29. The van der Waals surface area contributed by atoms with Crippen LogP contribution < -0.4 is 4.74 Å². The third kappa shape index (κ3) is 3.81. The molecule has 0 amide bonds. The van der Waals surface area contributed by atoms with Gasteiger partial charge in [-0.3, -0.25) is 14.2 Å². The summed E-state index contributed by atoms with van der Waals surface area (Å²) in [6.45, 7) is 3.79. The lowest BCUT2D eigenvalue weighted by Crippen LogP contribution is -2.15. The number of carbonyl (C=O) groups is 2. The lowest BCUT2D eigenvalue weighted by atomic mass is 10.1. The van der Waals surface area contributed by atoms with E-state index in [1.165, 1.54) is 0 Å². The smallest absolute Gasteiger partial charge is 0.307 e. The number of carboxylic acid groups (broad SMARTS) is 1. The Kier molecular flexibility index (Phi) is 5.37. The number of carboxylic acids is 1. The Balaban J connectivity index is 1.42. The van der Waals surface area contributed by atoms with Crippen molar-refractivity contribution in [1.82, 2.24) is 9.55 Å². The van der Waals surface area contributed by atoms with Gasteiger partial charge in [-0.05, 0) is 61.4 Å². The van der Waals surface area contributed by atoms with Crippen LogP contribution in [-0.2, 0) is 17.8 Å². The van der Waals surface area contributed by atoms with Crippen molar-refractivity contribution in [2.45, 2.75) is 26.9 Å². The lowest BCUT2D eigenvalue weighted by Gasteiger charge is -2.12. The molecule has 0 aliphatic heterocycles. The van der Waals surface area contributed by atoms with E-state index in [4.69, 9.17) is 9.15 Å². The van der Waals surface area contributed by atoms with Gasteiger partial charge in [0.2, 0.25) is 5.89 Å². The average molecular weight is 454 g/mol. The van der Waals surface area contributed by atoms with Crippen LogP contribution in [0.3, 0.4) is 0 Å². The molecule has 0 radical (unpaired) electrons. The van der Waals surface area contributed by atoms with E-state index in [9.17, 15) is 14.7 Å². The fraction of sp³-hybridized carbons (Fsp3) is 0.148. The molecule has 0 saturated carbocycles. The number of oxazole rings is 1. The van der Waals surface area contributed by atoms with Crippen molar-refractivity contribution in [2.24, 2.45) is 0 Å². The van der Waals surface area contributed by atoms with Gasteiger partial charge in [-0.25, -0.2) is 4.98 Å². The van der Waals surface area contributed by atoms with Gasteiger partial charge in [-0.2, -0.15) is 0 Å². The zero-order valence-electron chi connectivity index (χ0n) is 18.7. The third-order valence-electron chi connectivity index (χ3n) is 5.90. The molecule has 0 fully saturated rings. The van der Waals surface area contributed by atoms with Gasteiger partial charge in [-0.15, -0.1) is 0 Å². The highest BCUT2D eigenvalue weighted by atomic mass is 16.5. The summed E-state index contributed by atoms with van der Waals surface area (Å²) in [7, 11) is 0. The fourth-order valence-electron chi connectivity index (χ4n) is 4.28. The number of benzene rings is 3. The number of aromatic nitrogens is 2. The largest absolute Gasteiger partial charge is 0.484 e.